The van der Waals surface area contributed by atoms with Gasteiger partial charge in [0.2, 0.25) is 11.8 Å². The molecule has 1 N–H and O–H groups in total. The number of esters is 1. The lowest BCUT2D eigenvalue weighted by atomic mass is 9.81. The fourth-order valence-corrected chi connectivity index (χ4v) is 5.41. The summed E-state index contributed by atoms with van der Waals surface area (Å²) in [6.07, 6.45) is 2.85. The second kappa shape index (κ2) is 7.61. The lowest BCUT2D eigenvalue weighted by Crippen LogP contribution is -2.45. The van der Waals surface area contributed by atoms with Crippen LogP contribution in [0.25, 0.3) is 0 Å². The molecule has 1 aromatic carbocycles. The van der Waals surface area contributed by atoms with Crippen LogP contribution in [0.4, 0.5) is 5.69 Å². The minimum atomic E-state index is -1.06. The van der Waals surface area contributed by atoms with E-state index >= 15 is 0 Å². The Hall–Kier alpha value is -2.12. The number of benzene rings is 1. The number of fused-ring (bicyclic) bond motifs is 5. The quantitative estimate of drug-likeness (QED) is 0.563. The normalized spacial score (nSPS) is 28.4. The molecule has 7 nitrogen and oxygen atoms in total. The largest absolute Gasteiger partial charge is 0.454 e. The summed E-state index contributed by atoms with van der Waals surface area (Å²) >= 11 is 11.8. The molecule has 0 spiro atoms. The van der Waals surface area contributed by atoms with Gasteiger partial charge in [-0.15, -0.1) is 0 Å². The molecule has 2 saturated carbocycles. The molecular weight excluding hydrogens is 419 g/mol. The zero-order valence-electron chi connectivity index (χ0n) is 15.7. The summed E-state index contributed by atoms with van der Waals surface area (Å²) in [6.45, 7) is 0.894. The van der Waals surface area contributed by atoms with E-state index in [9.17, 15) is 19.2 Å². The first-order valence-electron chi connectivity index (χ1n) is 9.56. The number of amides is 3. The van der Waals surface area contributed by atoms with E-state index in [-0.39, 0.29) is 40.5 Å². The average Bonchev–Trinajstić information content (AvgIpc) is 3.35. The predicted octanol–water partition coefficient (Wildman–Crippen LogP) is 2.89. The van der Waals surface area contributed by atoms with Crippen molar-refractivity contribution in [2.24, 2.45) is 23.7 Å². The number of hydrogen-bond donors (Lipinski definition) is 1. The minimum Gasteiger partial charge on any atom is -0.454 e. The van der Waals surface area contributed by atoms with Gasteiger partial charge in [0, 0.05) is 5.02 Å². The number of likely N-dealkylation sites (tertiary alicyclic amines) is 1. The number of carbonyl (C=O) groups is 4. The molecule has 1 heterocycles. The molecule has 2 aliphatic carbocycles. The van der Waals surface area contributed by atoms with E-state index in [0.29, 0.717) is 10.7 Å². The lowest BCUT2D eigenvalue weighted by Gasteiger charge is -2.23. The fraction of sp³-hybridized carbons (Fsp3) is 0.500. The maximum atomic E-state index is 12.8. The van der Waals surface area contributed by atoms with Gasteiger partial charge < -0.3 is 10.1 Å². The van der Waals surface area contributed by atoms with Crippen molar-refractivity contribution in [3.05, 3.63) is 28.2 Å². The van der Waals surface area contributed by atoms with Crippen molar-refractivity contribution in [2.45, 2.75) is 32.2 Å². The maximum Gasteiger partial charge on any atom is 0.329 e. The van der Waals surface area contributed by atoms with Gasteiger partial charge in [-0.05, 0) is 56.2 Å². The van der Waals surface area contributed by atoms with Gasteiger partial charge in [-0.3, -0.25) is 19.3 Å². The molecule has 1 aliphatic heterocycles. The summed E-state index contributed by atoms with van der Waals surface area (Å²) in [5.74, 6) is -2.07. The van der Waals surface area contributed by atoms with E-state index in [1.54, 1.807) is 6.07 Å². The standard InChI is InChI=1S/C20H20Cl2N2O5/c1-9(24-18(26)16-10-2-3-11(6-10)17(16)19(24)27)20(28)29-8-15(25)23-14-5-4-12(21)7-13(14)22/h4-5,7,9-11,16-17H,2-3,6,8H2,1H3,(H,23,25)/t9-,10-,11-,16-,17+/m0/s1. The van der Waals surface area contributed by atoms with Crippen molar-refractivity contribution in [1.82, 2.24) is 4.90 Å². The molecule has 1 aromatic rings. The molecule has 0 aromatic heterocycles. The second-order valence-electron chi connectivity index (χ2n) is 7.89. The van der Waals surface area contributed by atoms with Crippen LogP contribution in [-0.2, 0) is 23.9 Å². The number of halogens is 2. The number of hydrogen-bond acceptors (Lipinski definition) is 5. The molecule has 1 saturated heterocycles. The first kappa shape index (κ1) is 20.2. The van der Waals surface area contributed by atoms with Crippen molar-refractivity contribution in [3.63, 3.8) is 0 Å². The molecule has 9 heteroatoms. The minimum absolute atomic E-state index is 0.240. The SMILES string of the molecule is C[C@@H](C(=O)OCC(=O)Nc1ccc(Cl)cc1Cl)N1C(=O)[C@@H]2[C@H]3CC[C@@H](C3)[C@@H]2C1=O. The number of carbonyl (C=O) groups excluding carboxylic acids is 4. The Morgan fingerprint density at radius 3 is 2.38 bits per heavy atom. The Labute approximate surface area is 177 Å². The summed E-state index contributed by atoms with van der Waals surface area (Å²) in [6, 6.07) is 3.50. The molecule has 154 valence electrons. The monoisotopic (exact) mass is 438 g/mol. The second-order valence-corrected chi connectivity index (χ2v) is 8.73. The summed E-state index contributed by atoms with van der Waals surface area (Å²) in [5.41, 5.74) is 0.332. The van der Waals surface area contributed by atoms with Gasteiger partial charge >= 0.3 is 5.97 Å². The van der Waals surface area contributed by atoms with E-state index in [1.165, 1.54) is 19.1 Å². The Bertz CT molecular complexity index is 877. The van der Waals surface area contributed by atoms with Crippen LogP contribution < -0.4 is 5.32 Å². The Balaban J connectivity index is 1.34. The van der Waals surface area contributed by atoms with Crippen LogP contribution in [0.1, 0.15) is 26.2 Å². The molecule has 29 heavy (non-hydrogen) atoms. The van der Waals surface area contributed by atoms with E-state index in [0.717, 1.165) is 24.2 Å². The van der Waals surface area contributed by atoms with Crippen LogP contribution in [0.2, 0.25) is 10.0 Å². The average molecular weight is 439 g/mol. The van der Waals surface area contributed by atoms with Gasteiger partial charge in [0.1, 0.15) is 6.04 Å². The number of imide groups is 1. The van der Waals surface area contributed by atoms with Gasteiger partial charge in [-0.25, -0.2) is 4.79 Å². The number of nitrogens with zero attached hydrogens (tertiary/aromatic N) is 1. The number of ether oxygens (including phenoxy) is 1. The van der Waals surface area contributed by atoms with Crippen LogP contribution in [0, 0.1) is 23.7 Å². The smallest absolute Gasteiger partial charge is 0.329 e. The molecule has 3 amide bonds. The summed E-state index contributed by atoms with van der Waals surface area (Å²) in [4.78, 5) is 51.0. The fourth-order valence-electron chi connectivity index (χ4n) is 4.95. The van der Waals surface area contributed by atoms with Gasteiger partial charge in [-0.1, -0.05) is 23.2 Å². The van der Waals surface area contributed by atoms with Crippen LogP contribution in [0.15, 0.2) is 18.2 Å². The third kappa shape index (κ3) is 3.51. The van der Waals surface area contributed by atoms with Gasteiger partial charge in [0.25, 0.3) is 5.91 Å². The maximum absolute atomic E-state index is 12.8. The Morgan fingerprint density at radius 2 is 1.79 bits per heavy atom. The molecule has 2 bridgehead atoms. The zero-order valence-corrected chi connectivity index (χ0v) is 17.2. The van der Waals surface area contributed by atoms with Crippen LogP contribution in [0.3, 0.4) is 0 Å². The van der Waals surface area contributed by atoms with Gasteiger partial charge in [-0.2, -0.15) is 0 Å². The molecule has 5 atom stereocenters. The molecule has 4 rings (SSSR count). The first-order chi connectivity index (χ1) is 13.8. The van der Waals surface area contributed by atoms with E-state index < -0.39 is 24.5 Å². The number of anilines is 1. The Kier molecular flexibility index (Phi) is 5.29. The first-order valence-corrected chi connectivity index (χ1v) is 10.3. The highest BCUT2D eigenvalue weighted by Crippen LogP contribution is 2.56. The third-order valence-corrected chi connectivity index (χ3v) is 6.79. The number of nitrogens with one attached hydrogen (secondary N) is 1. The van der Waals surface area contributed by atoms with Crippen molar-refractivity contribution in [3.8, 4) is 0 Å². The zero-order chi connectivity index (χ0) is 20.9. The molecule has 0 radical (unpaired) electrons. The molecular formula is C20H20Cl2N2O5. The topological polar surface area (TPSA) is 92.8 Å². The van der Waals surface area contributed by atoms with E-state index in [4.69, 9.17) is 27.9 Å². The lowest BCUT2D eigenvalue weighted by molar-refractivity contribution is -0.159. The van der Waals surface area contributed by atoms with Crippen molar-refractivity contribution in [2.75, 3.05) is 11.9 Å². The van der Waals surface area contributed by atoms with Crippen molar-refractivity contribution >= 4 is 52.6 Å². The van der Waals surface area contributed by atoms with Gasteiger partial charge in [0.05, 0.1) is 22.5 Å². The van der Waals surface area contributed by atoms with Crippen LogP contribution in [-0.4, -0.2) is 41.2 Å². The highest BCUT2D eigenvalue weighted by molar-refractivity contribution is 6.36. The van der Waals surface area contributed by atoms with Gasteiger partial charge in [0.15, 0.2) is 6.61 Å². The van der Waals surface area contributed by atoms with Crippen molar-refractivity contribution in [1.29, 1.82) is 0 Å². The summed E-state index contributed by atoms with van der Waals surface area (Å²) < 4.78 is 5.04. The molecule has 3 aliphatic rings. The van der Waals surface area contributed by atoms with E-state index in [2.05, 4.69) is 5.32 Å². The summed E-state index contributed by atoms with van der Waals surface area (Å²) in [7, 11) is 0. The van der Waals surface area contributed by atoms with Crippen LogP contribution >= 0.6 is 23.2 Å². The predicted molar refractivity (Wildman–Crippen MR) is 105 cm³/mol. The highest BCUT2D eigenvalue weighted by atomic mass is 35.5. The van der Waals surface area contributed by atoms with E-state index in [1.807, 2.05) is 0 Å². The summed E-state index contributed by atoms with van der Waals surface area (Å²) in [5, 5.41) is 3.19. The molecule has 3 fully saturated rings. The Morgan fingerprint density at radius 1 is 1.17 bits per heavy atom. The third-order valence-electron chi connectivity index (χ3n) is 6.24. The van der Waals surface area contributed by atoms with Crippen molar-refractivity contribution < 1.29 is 23.9 Å². The highest BCUT2D eigenvalue weighted by Gasteiger charge is 2.62. The number of rotatable bonds is 5. The molecule has 0 unspecified atom stereocenters. The van der Waals surface area contributed by atoms with Crippen LogP contribution in [0.5, 0.6) is 0 Å².